The van der Waals surface area contributed by atoms with E-state index in [1.165, 1.54) is 5.69 Å². The van der Waals surface area contributed by atoms with Crippen molar-refractivity contribution < 1.29 is 5.11 Å². The van der Waals surface area contributed by atoms with Gasteiger partial charge in [0.25, 0.3) is 0 Å². The molecule has 2 aliphatic rings. The number of hydrogen-bond donors (Lipinski definition) is 3. The van der Waals surface area contributed by atoms with Crippen molar-refractivity contribution >= 4 is 11.6 Å². The Bertz CT molecular complexity index is 551. The quantitative estimate of drug-likeness (QED) is 0.555. The monoisotopic (exact) mass is 320 g/mol. The second kappa shape index (κ2) is 6.78. The van der Waals surface area contributed by atoms with Crippen LogP contribution in [-0.4, -0.2) is 59.2 Å². The molecule has 3 N–H and O–H groups in total. The maximum absolute atomic E-state index is 10.2. The molecule has 1 unspecified atom stereocenters. The van der Waals surface area contributed by atoms with Crippen molar-refractivity contribution in [1.82, 2.24) is 20.4 Å². The standard InChI is InChI=1S/C16H28N6O/c1-17-15(18-12-16(23)6-4-7-16)20-13-5-3-8-22(10-13)14-9-19-21(2)11-14/h9,11,13,23H,3-8,10,12H2,1-2H3,(H2,17,18,20). The van der Waals surface area contributed by atoms with Crippen molar-refractivity contribution in [1.29, 1.82) is 0 Å². The van der Waals surface area contributed by atoms with E-state index in [1.54, 1.807) is 7.05 Å². The average molecular weight is 320 g/mol. The van der Waals surface area contributed by atoms with Gasteiger partial charge in [0.15, 0.2) is 5.96 Å². The highest BCUT2D eigenvalue weighted by atomic mass is 16.3. The lowest BCUT2D eigenvalue weighted by atomic mass is 9.80. The van der Waals surface area contributed by atoms with Gasteiger partial charge in [-0.2, -0.15) is 5.10 Å². The minimum Gasteiger partial charge on any atom is -0.388 e. The zero-order valence-electron chi connectivity index (χ0n) is 14.1. The van der Waals surface area contributed by atoms with Crippen LogP contribution in [0.25, 0.3) is 0 Å². The molecule has 0 radical (unpaired) electrons. The Morgan fingerprint density at radius 2 is 2.30 bits per heavy atom. The number of nitrogens with zero attached hydrogens (tertiary/aromatic N) is 4. The number of aliphatic hydroxyl groups is 1. The van der Waals surface area contributed by atoms with Gasteiger partial charge < -0.3 is 20.6 Å². The SMILES string of the molecule is CN=C(NCC1(O)CCC1)NC1CCCN(c2cnn(C)c2)C1. The summed E-state index contributed by atoms with van der Waals surface area (Å²) in [7, 11) is 3.72. The van der Waals surface area contributed by atoms with Crippen LogP contribution in [0.15, 0.2) is 17.4 Å². The normalized spacial score (nSPS) is 24.2. The molecule has 0 spiro atoms. The van der Waals surface area contributed by atoms with Gasteiger partial charge in [-0.25, -0.2) is 0 Å². The topological polar surface area (TPSA) is 77.7 Å². The van der Waals surface area contributed by atoms with E-state index in [0.29, 0.717) is 12.6 Å². The van der Waals surface area contributed by atoms with Crippen molar-refractivity contribution in [2.75, 3.05) is 31.6 Å². The van der Waals surface area contributed by atoms with Crippen molar-refractivity contribution in [3.63, 3.8) is 0 Å². The molecule has 1 aliphatic heterocycles. The van der Waals surface area contributed by atoms with Gasteiger partial charge in [0, 0.05) is 46.0 Å². The van der Waals surface area contributed by atoms with Gasteiger partial charge in [0.1, 0.15) is 0 Å². The number of aliphatic imine (C=N–C) groups is 1. The van der Waals surface area contributed by atoms with Gasteiger partial charge in [-0.3, -0.25) is 9.67 Å². The number of guanidine groups is 1. The third-order valence-corrected chi connectivity index (χ3v) is 4.91. The Labute approximate surface area is 137 Å². The fourth-order valence-corrected chi connectivity index (χ4v) is 3.30. The van der Waals surface area contributed by atoms with Crippen LogP contribution in [-0.2, 0) is 7.05 Å². The zero-order valence-corrected chi connectivity index (χ0v) is 14.1. The van der Waals surface area contributed by atoms with Crippen LogP contribution in [0.2, 0.25) is 0 Å². The highest BCUT2D eigenvalue weighted by Gasteiger charge is 2.34. The summed E-state index contributed by atoms with van der Waals surface area (Å²) in [6.45, 7) is 2.58. The summed E-state index contributed by atoms with van der Waals surface area (Å²) in [6, 6.07) is 0.353. The average Bonchev–Trinajstić information content (AvgIpc) is 2.96. The van der Waals surface area contributed by atoms with E-state index in [1.807, 2.05) is 17.9 Å². The Balaban J connectivity index is 1.51. The molecule has 1 aromatic rings. The van der Waals surface area contributed by atoms with Crippen LogP contribution in [0.4, 0.5) is 5.69 Å². The third-order valence-electron chi connectivity index (χ3n) is 4.91. The Hall–Kier alpha value is -1.76. The van der Waals surface area contributed by atoms with E-state index < -0.39 is 5.60 Å². The van der Waals surface area contributed by atoms with Crippen LogP contribution in [0, 0.1) is 0 Å². The molecule has 1 aromatic heterocycles. The molecular weight excluding hydrogens is 292 g/mol. The lowest BCUT2D eigenvalue weighted by Crippen LogP contribution is -2.55. The van der Waals surface area contributed by atoms with E-state index in [2.05, 4.69) is 31.8 Å². The summed E-state index contributed by atoms with van der Waals surface area (Å²) in [5.74, 6) is 0.781. The Kier molecular flexibility index (Phi) is 4.75. The molecule has 7 nitrogen and oxygen atoms in total. The summed E-state index contributed by atoms with van der Waals surface area (Å²) in [4.78, 5) is 6.66. The Morgan fingerprint density at radius 3 is 2.91 bits per heavy atom. The number of nitrogens with one attached hydrogen (secondary N) is 2. The predicted octanol–water partition coefficient (Wildman–Crippen LogP) is 0.469. The molecule has 0 amide bonds. The molecule has 1 atom stereocenters. The van der Waals surface area contributed by atoms with E-state index in [0.717, 1.165) is 51.2 Å². The smallest absolute Gasteiger partial charge is 0.191 e. The van der Waals surface area contributed by atoms with E-state index in [9.17, 15) is 5.11 Å². The third kappa shape index (κ3) is 3.96. The lowest BCUT2D eigenvalue weighted by Gasteiger charge is -2.38. The predicted molar refractivity (Wildman–Crippen MR) is 91.7 cm³/mol. The number of anilines is 1. The largest absolute Gasteiger partial charge is 0.388 e. The van der Waals surface area contributed by atoms with Crippen LogP contribution in [0.3, 0.4) is 0 Å². The molecule has 2 fully saturated rings. The first-order chi connectivity index (χ1) is 11.1. The summed E-state index contributed by atoms with van der Waals surface area (Å²) < 4.78 is 1.84. The van der Waals surface area contributed by atoms with E-state index >= 15 is 0 Å². The van der Waals surface area contributed by atoms with Crippen LogP contribution in [0.5, 0.6) is 0 Å². The lowest BCUT2D eigenvalue weighted by molar-refractivity contribution is -0.0279. The first-order valence-corrected chi connectivity index (χ1v) is 8.51. The molecule has 3 rings (SSSR count). The number of rotatable bonds is 4. The highest BCUT2D eigenvalue weighted by molar-refractivity contribution is 5.80. The molecular formula is C16H28N6O. The van der Waals surface area contributed by atoms with Gasteiger partial charge in [0.2, 0.25) is 0 Å². The van der Waals surface area contributed by atoms with Gasteiger partial charge in [-0.1, -0.05) is 0 Å². The number of aryl methyl sites for hydroxylation is 1. The number of aromatic nitrogens is 2. The summed E-state index contributed by atoms with van der Waals surface area (Å²) in [5, 5.41) is 21.2. The molecule has 128 valence electrons. The van der Waals surface area contributed by atoms with Crippen molar-refractivity contribution in [3.05, 3.63) is 12.4 Å². The molecule has 1 aliphatic carbocycles. The summed E-state index contributed by atoms with van der Waals surface area (Å²) >= 11 is 0. The van der Waals surface area contributed by atoms with Crippen LogP contribution >= 0.6 is 0 Å². The zero-order chi connectivity index (χ0) is 16.3. The fraction of sp³-hybridized carbons (Fsp3) is 0.750. The molecule has 2 heterocycles. The van der Waals surface area contributed by atoms with Gasteiger partial charge in [-0.05, 0) is 32.1 Å². The minimum atomic E-state index is -0.536. The van der Waals surface area contributed by atoms with Crippen LogP contribution < -0.4 is 15.5 Å². The molecule has 7 heteroatoms. The summed E-state index contributed by atoms with van der Waals surface area (Å²) in [6.07, 6.45) is 9.13. The summed E-state index contributed by atoms with van der Waals surface area (Å²) in [5.41, 5.74) is 0.636. The van der Waals surface area contributed by atoms with Crippen molar-refractivity contribution in [3.8, 4) is 0 Å². The van der Waals surface area contributed by atoms with E-state index in [4.69, 9.17) is 0 Å². The molecule has 0 aromatic carbocycles. The van der Waals surface area contributed by atoms with Gasteiger partial charge >= 0.3 is 0 Å². The van der Waals surface area contributed by atoms with Gasteiger partial charge in [0.05, 0.1) is 17.5 Å². The minimum absolute atomic E-state index is 0.353. The molecule has 23 heavy (non-hydrogen) atoms. The maximum atomic E-state index is 10.2. The highest BCUT2D eigenvalue weighted by Crippen LogP contribution is 2.30. The van der Waals surface area contributed by atoms with Gasteiger partial charge in [-0.15, -0.1) is 0 Å². The van der Waals surface area contributed by atoms with Crippen molar-refractivity contribution in [2.24, 2.45) is 12.0 Å². The maximum Gasteiger partial charge on any atom is 0.191 e. The second-order valence-electron chi connectivity index (χ2n) is 6.81. The van der Waals surface area contributed by atoms with Crippen LogP contribution in [0.1, 0.15) is 32.1 Å². The van der Waals surface area contributed by atoms with E-state index in [-0.39, 0.29) is 0 Å². The number of piperidine rings is 1. The van der Waals surface area contributed by atoms with Crippen molar-refractivity contribution in [2.45, 2.75) is 43.7 Å². The Morgan fingerprint density at radius 1 is 1.48 bits per heavy atom. The first kappa shape index (κ1) is 16.1. The molecule has 1 saturated heterocycles. The second-order valence-corrected chi connectivity index (χ2v) is 6.81. The number of hydrogen-bond acceptors (Lipinski definition) is 4. The fourth-order valence-electron chi connectivity index (χ4n) is 3.30. The molecule has 1 saturated carbocycles. The first-order valence-electron chi connectivity index (χ1n) is 8.51. The molecule has 0 bridgehead atoms.